The highest BCUT2D eigenvalue weighted by molar-refractivity contribution is 7.09. The quantitative estimate of drug-likeness (QED) is 0.869. The highest BCUT2D eigenvalue weighted by Crippen LogP contribution is 2.11. The third kappa shape index (κ3) is 3.29. The molecule has 0 fully saturated rings. The minimum Gasteiger partial charge on any atom is -0.327 e. The second-order valence-corrected chi connectivity index (χ2v) is 4.57. The van der Waals surface area contributed by atoms with Crippen molar-refractivity contribution in [2.24, 2.45) is 0 Å². The molecule has 0 bridgehead atoms. The number of H-pyrrole nitrogens is 1. The number of aromatic amines is 1. The number of pyridine rings is 1. The normalized spacial score (nSPS) is 10.1. The number of hydrogen-bond donors (Lipinski definition) is 2. The van der Waals surface area contributed by atoms with Crippen molar-refractivity contribution in [2.45, 2.75) is 12.8 Å². The van der Waals surface area contributed by atoms with Crippen molar-refractivity contribution in [3.05, 3.63) is 51.1 Å². The van der Waals surface area contributed by atoms with Gasteiger partial charge in [-0.15, -0.1) is 11.3 Å². The standard InChI is InChI=1S/C12H12N2O2S/c15-11(6-5-9-3-2-8-17-9)14-10-4-1-7-13-12(10)16/h1-4,7-8H,5-6H2,(H,13,16)(H,14,15). The number of rotatable bonds is 4. The maximum atomic E-state index is 11.6. The Morgan fingerprint density at radius 3 is 2.94 bits per heavy atom. The molecule has 2 aromatic heterocycles. The minimum atomic E-state index is -0.281. The fourth-order valence-electron chi connectivity index (χ4n) is 1.42. The number of carbonyl (C=O) groups excluding carboxylic acids is 1. The van der Waals surface area contributed by atoms with E-state index >= 15 is 0 Å². The number of nitrogens with one attached hydrogen (secondary N) is 2. The molecule has 2 N–H and O–H groups in total. The topological polar surface area (TPSA) is 62.0 Å². The Bertz CT molecular complexity index is 546. The Labute approximate surface area is 102 Å². The molecule has 1 amide bonds. The summed E-state index contributed by atoms with van der Waals surface area (Å²) in [5.41, 5.74) is 0.0145. The van der Waals surface area contributed by atoms with Crippen molar-refractivity contribution in [3.63, 3.8) is 0 Å². The van der Waals surface area contributed by atoms with Crippen LogP contribution in [0.15, 0.2) is 40.6 Å². The summed E-state index contributed by atoms with van der Waals surface area (Å²) in [6, 6.07) is 7.21. The Morgan fingerprint density at radius 1 is 1.35 bits per heavy atom. The molecule has 0 atom stereocenters. The van der Waals surface area contributed by atoms with Gasteiger partial charge in [0.1, 0.15) is 5.69 Å². The lowest BCUT2D eigenvalue weighted by Gasteiger charge is -2.02. The molecule has 2 aromatic rings. The van der Waals surface area contributed by atoms with Gasteiger partial charge in [0.05, 0.1) is 0 Å². The third-order valence-electron chi connectivity index (χ3n) is 2.27. The summed E-state index contributed by atoms with van der Waals surface area (Å²) >= 11 is 1.63. The molecular formula is C12H12N2O2S. The average molecular weight is 248 g/mol. The second kappa shape index (κ2) is 5.45. The van der Waals surface area contributed by atoms with Crippen LogP contribution in [0.2, 0.25) is 0 Å². The van der Waals surface area contributed by atoms with E-state index in [0.717, 1.165) is 0 Å². The summed E-state index contributed by atoms with van der Waals surface area (Å²) in [5, 5.41) is 4.58. The zero-order valence-corrected chi connectivity index (χ0v) is 9.92. The molecule has 2 rings (SSSR count). The highest BCUT2D eigenvalue weighted by atomic mass is 32.1. The Hall–Kier alpha value is -1.88. The number of anilines is 1. The number of aromatic nitrogens is 1. The molecule has 0 aromatic carbocycles. The van der Waals surface area contributed by atoms with Crippen LogP contribution in [-0.4, -0.2) is 10.9 Å². The lowest BCUT2D eigenvalue weighted by Crippen LogP contribution is -2.19. The van der Waals surface area contributed by atoms with Crippen LogP contribution in [-0.2, 0) is 11.2 Å². The zero-order valence-electron chi connectivity index (χ0n) is 9.10. The lowest BCUT2D eigenvalue weighted by atomic mass is 10.2. The fraction of sp³-hybridized carbons (Fsp3) is 0.167. The van der Waals surface area contributed by atoms with E-state index < -0.39 is 0 Å². The third-order valence-corrected chi connectivity index (χ3v) is 3.21. The molecule has 5 heteroatoms. The Balaban J connectivity index is 1.90. The first-order valence-electron chi connectivity index (χ1n) is 5.25. The number of aryl methyl sites for hydroxylation is 1. The van der Waals surface area contributed by atoms with Crippen molar-refractivity contribution < 1.29 is 4.79 Å². The molecule has 0 radical (unpaired) electrons. The molecule has 4 nitrogen and oxygen atoms in total. The predicted octanol–water partition coefficient (Wildman–Crippen LogP) is 2.01. The van der Waals surface area contributed by atoms with Gasteiger partial charge in [-0.2, -0.15) is 0 Å². The molecule has 88 valence electrons. The molecule has 0 spiro atoms. The van der Waals surface area contributed by atoms with Crippen molar-refractivity contribution in [2.75, 3.05) is 5.32 Å². The average Bonchev–Trinajstić information content (AvgIpc) is 2.82. The van der Waals surface area contributed by atoms with E-state index in [-0.39, 0.29) is 11.5 Å². The van der Waals surface area contributed by atoms with Crippen LogP contribution in [0.5, 0.6) is 0 Å². The summed E-state index contributed by atoms with van der Waals surface area (Å²) in [6.07, 6.45) is 2.62. The first-order valence-corrected chi connectivity index (χ1v) is 6.13. The largest absolute Gasteiger partial charge is 0.327 e. The van der Waals surface area contributed by atoms with Crippen molar-refractivity contribution in [3.8, 4) is 0 Å². The number of thiophene rings is 1. The maximum absolute atomic E-state index is 11.6. The summed E-state index contributed by atoms with van der Waals surface area (Å²) < 4.78 is 0. The summed E-state index contributed by atoms with van der Waals surface area (Å²) in [7, 11) is 0. The summed E-state index contributed by atoms with van der Waals surface area (Å²) in [6.45, 7) is 0. The van der Waals surface area contributed by atoms with E-state index in [4.69, 9.17) is 0 Å². The number of carbonyl (C=O) groups is 1. The van der Waals surface area contributed by atoms with Gasteiger partial charge < -0.3 is 10.3 Å². The summed E-state index contributed by atoms with van der Waals surface area (Å²) in [4.78, 5) is 26.6. The van der Waals surface area contributed by atoms with E-state index in [9.17, 15) is 9.59 Å². The first kappa shape index (κ1) is 11.6. The highest BCUT2D eigenvalue weighted by Gasteiger charge is 2.05. The van der Waals surface area contributed by atoms with E-state index in [1.165, 1.54) is 11.1 Å². The smallest absolute Gasteiger partial charge is 0.271 e. The molecule has 0 aliphatic carbocycles. The lowest BCUT2D eigenvalue weighted by molar-refractivity contribution is -0.116. The van der Waals surface area contributed by atoms with Gasteiger partial charge in [-0.25, -0.2) is 0 Å². The maximum Gasteiger partial charge on any atom is 0.271 e. The monoisotopic (exact) mass is 248 g/mol. The van der Waals surface area contributed by atoms with Crippen LogP contribution in [0.1, 0.15) is 11.3 Å². The zero-order chi connectivity index (χ0) is 12.1. The van der Waals surface area contributed by atoms with Gasteiger partial charge in [0.2, 0.25) is 5.91 Å². The molecular weight excluding hydrogens is 236 g/mol. The van der Waals surface area contributed by atoms with Crippen LogP contribution >= 0.6 is 11.3 Å². The number of hydrogen-bond acceptors (Lipinski definition) is 3. The predicted molar refractivity (Wildman–Crippen MR) is 68.3 cm³/mol. The van der Waals surface area contributed by atoms with Gasteiger partial charge in [0, 0.05) is 17.5 Å². The number of amides is 1. The molecule has 2 heterocycles. The van der Waals surface area contributed by atoms with Gasteiger partial charge >= 0.3 is 0 Å². The van der Waals surface area contributed by atoms with Gasteiger partial charge in [0.15, 0.2) is 0 Å². The summed E-state index contributed by atoms with van der Waals surface area (Å²) in [5.74, 6) is -0.143. The van der Waals surface area contributed by atoms with Crippen LogP contribution in [0.25, 0.3) is 0 Å². The molecule has 17 heavy (non-hydrogen) atoms. The van der Waals surface area contributed by atoms with Gasteiger partial charge in [-0.05, 0) is 30.0 Å². The van der Waals surface area contributed by atoms with Crippen LogP contribution in [0.4, 0.5) is 5.69 Å². The molecule has 0 saturated carbocycles. The van der Waals surface area contributed by atoms with Crippen LogP contribution in [0.3, 0.4) is 0 Å². The van der Waals surface area contributed by atoms with E-state index in [1.807, 2.05) is 17.5 Å². The molecule has 0 saturated heterocycles. The van der Waals surface area contributed by atoms with Crippen molar-refractivity contribution >= 4 is 22.9 Å². The Kier molecular flexibility index (Phi) is 3.72. The first-order chi connectivity index (χ1) is 8.25. The van der Waals surface area contributed by atoms with Gasteiger partial charge in [0.25, 0.3) is 5.56 Å². The van der Waals surface area contributed by atoms with E-state index in [1.54, 1.807) is 23.5 Å². The second-order valence-electron chi connectivity index (χ2n) is 3.54. The Morgan fingerprint density at radius 2 is 2.24 bits per heavy atom. The molecule has 0 aliphatic rings. The van der Waals surface area contributed by atoms with Gasteiger partial charge in [-0.1, -0.05) is 6.07 Å². The van der Waals surface area contributed by atoms with Gasteiger partial charge in [-0.3, -0.25) is 9.59 Å². The SMILES string of the molecule is O=C(CCc1cccs1)Nc1ccc[nH]c1=O. The minimum absolute atomic E-state index is 0.143. The van der Waals surface area contributed by atoms with E-state index in [0.29, 0.717) is 18.5 Å². The molecule has 0 aliphatic heterocycles. The van der Waals surface area contributed by atoms with Crippen LogP contribution in [0, 0.1) is 0 Å². The van der Waals surface area contributed by atoms with E-state index in [2.05, 4.69) is 10.3 Å². The molecule has 0 unspecified atom stereocenters. The fourth-order valence-corrected chi connectivity index (χ4v) is 2.13. The van der Waals surface area contributed by atoms with Crippen LogP contribution < -0.4 is 10.9 Å². The van der Waals surface area contributed by atoms with Crippen molar-refractivity contribution in [1.29, 1.82) is 0 Å². The van der Waals surface area contributed by atoms with Crippen molar-refractivity contribution in [1.82, 2.24) is 4.98 Å².